The second kappa shape index (κ2) is 8.19. The van der Waals surface area contributed by atoms with Gasteiger partial charge in [0.2, 0.25) is 15.9 Å². The summed E-state index contributed by atoms with van der Waals surface area (Å²) in [5.41, 5.74) is 5.81. The van der Waals surface area contributed by atoms with Crippen LogP contribution in [0, 0.1) is 0 Å². The molecule has 1 atom stereocenters. The van der Waals surface area contributed by atoms with Gasteiger partial charge in [0.25, 0.3) is 0 Å². The fourth-order valence-corrected chi connectivity index (χ4v) is 5.72. The van der Waals surface area contributed by atoms with Crippen molar-refractivity contribution in [2.45, 2.75) is 52.5 Å². The number of amides is 1. The van der Waals surface area contributed by atoms with E-state index >= 15 is 0 Å². The van der Waals surface area contributed by atoms with Gasteiger partial charge < -0.3 is 9.64 Å². The molecule has 31 heavy (non-hydrogen) atoms. The number of ether oxygens (including phenoxy) is 1. The summed E-state index contributed by atoms with van der Waals surface area (Å²) in [5.74, 6) is 0.886. The molecule has 2 aliphatic rings. The van der Waals surface area contributed by atoms with Gasteiger partial charge in [0.1, 0.15) is 5.75 Å². The first kappa shape index (κ1) is 21.7. The van der Waals surface area contributed by atoms with Gasteiger partial charge in [-0.2, -0.15) is 0 Å². The summed E-state index contributed by atoms with van der Waals surface area (Å²) >= 11 is 0. The minimum absolute atomic E-state index is 0.0426. The van der Waals surface area contributed by atoms with Gasteiger partial charge in [0.05, 0.1) is 24.2 Å². The maximum Gasteiger partial charge on any atom is 0.232 e. The Kier molecular flexibility index (Phi) is 5.73. The number of hydrogen-bond donors (Lipinski definition) is 0. The minimum Gasteiger partial charge on any atom is -0.493 e. The second-order valence-electron chi connectivity index (χ2n) is 8.49. The van der Waals surface area contributed by atoms with Gasteiger partial charge in [-0.05, 0) is 68.0 Å². The number of rotatable bonds is 5. The zero-order valence-corrected chi connectivity index (χ0v) is 19.5. The van der Waals surface area contributed by atoms with Crippen molar-refractivity contribution in [2.75, 3.05) is 28.6 Å². The number of benzene rings is 2. The van der Waals surface area contributed by atoms with E-state index in [1.807, 2.05) is 29.2 Å². The first-order valence-corrected chi connectivity index (χ1v) is 12.8. The number of hydrogen-bond acceptors (Lipinski definition) is 4. The summed E-state index contributed by atoms with van der Waals surface area (Å²) in [6, 6.07) is 10.2. The van der Waals surface area contributed by atoms with Crippen molar-refractivity contribution in [1.82, 2.24) is 0 Å². The highest BCUT2D eigenvalue weighted by Crippen LogP contribution is 2.44. The summed E-state index contributed by atoms with van der Waals surface area (Å²) in [4.78, 5) is 14.2. The van der Waals surface area contributed by atoms with Gasteiger partial charge in [-0.1, -0.05) is 13.0 Å². The summed E-state index contributed by atoms with van der Waals surface area (Å²) in [6.45, 7) is 6.85. The lowest BCUT2D eigenvalue weighted by atomic mass is 9.91. The van der Waals surface area contributed by atoms with Crippen molar-refractivity contribution >= 4 is 27.3 Å². The summed E-state index contributed by atoms with van der Waals surface area (Å²) in [7, 11) is -3.27. The molecule has 0 spiro atoms. The molecule has 0 N–H and O–H groups in total. The predicted molar refractivity (Wildman–Crippen MR) is 125 cm³/mol. The van der Waals surface area contributed by atoms with Crippen LogP contribution in [-0.2, 0) is 27.7 Å². The number of sulfonamides is 1. The molecule has 4 rings (SSSR count). The van der Waals surface area contributed by atoms with E-state index in [1.54, 1.807) is 6.92 Å². The molecule has 0 saturated heterocycles. The average Bonchev–Trinajstić information content (AvgIpc) is 3.15. The van der Waals surface area contributed by atoms with Gasteiger partial charge in [-0.3, -0.25) is 9.10 Å². The standard InChI is InChI=1S/C24H30N2O4S/c1-5-14-30-24-20(9-11-23-21(24)8-6-16(2)26(23)17(3)27)18-7-10-22-19(15-18)12-13-25(22)31(4,28)29/h7,9-11,15-16H,5-6,8,12-14H2,1-4H3/t16-/m0/s1. The molecule has 2 aliphatic heterocycles. The number of fused-ring (bicyclic) bond motifs is 2. The van der Waals surface area contributed by atoms with Crippen molar-refractivity contribution in [2.24, 2.45) is 0 Å². The Bertz CT molecular complexity index is 1130. The Balaban J connectivity index is 1.82. The van der Waals surface area contributed by atoms with E-state index in [1.165, 1.54) is 10.6 Å². The van der Waals surface area contributed by atoms with E-state index < -0.39 is 10.0 Å². The quantitative estimate of drug-likeness (QED) is 0.698. The first-order chi connectivity index (χ1) is 14.7. The van der Waals surface area contributed by atoms with Gasteiger partial charge in [0.15, 0.2) is 0 Å². The monoisotopic (exact) mass is 442 g/mol. The molecule has 0 unspecified atom stereocenters. The lowest BCUT2D eigenvalue weighted by Crippen LogP contribution is -2.40. The Labute approximate surface area is 184 Å². The van der Waals surface area contributed by atoms with E-state index in [0.717, 1.165) is 58.6 Å². The van der Waals surface area contributed by atoms with E-state index in [2.05, 4.69) is 19.9 Å². The van der Waals surface area contributed by atoms with Crippen molar-refractivity contribution in [3.05, 3.63) is 41.5 Å². The SMILES string of the molecule is CCCOc1c(-c2ccc3c(c2)CCN3S(C)(=O)=O)ccc2c1CC[C@H](C)N2C(C)=O. The Hall–Kier alpha value is -2.54. The van der Waals surface area contributed by atoms with Gasteiger partial charge in [-0.15, -0.1) is 0 Å². The van der Waals surface area contributed by atoms with Crippen LogP contribution >= 0.6 is 0 Å². The summed E-state index contributed by atoms with van der Waals surface area (Å²) in [6.07, 6.45) is 4.59. The molecule has 0 saturated carbocycles. The van der Waals surface area contributed by atoms with Crippen LogP contribution in [0.4, 0.5) is 11.4 Å². The fourth-order valence-electron chi connectivity index (χ4n) is 4.76. The van der Waals surface area contributed by atoms with Crippen molar-refractivity contribution in [1.29, 1.82) is 0 Å². The molecular weight excluding hydrogens is 412 g/mol. The minimum atomic E-state index is -3.27. The van der Waals surface area contributed by atoms with Crippen LogP contribution in [0.15, 0.2) is 30.3 Å². The van der Waals surface area contributed by atoms with E-state index in [-0.39, 0.29) is 11.9 Å². The van der Waals surface area contributed by atoms with E-state index in [4.69, 9.17) is 4.74 Å². The lowest BCUT2D eigenvalue weighted by molar-refractivity contribution is -0.117. The molecule has 2 heterocycles. The van der Waals surface area contributed by atoms with Crippen LogP contribution in [0.25, 0.3) is 11.1 Å². The molecule has 6 nitrogen and oxygen atoms in total. The third-order valence-corrected chi connectivity index (χ3v) is 7.36. The van der Waals surface area contributed by atoms with Crippen LogP contribution in [0.1, 0.15) is 44.7 Å². The second-order valence-corrected chi connectivity index (χ2v) is 10.4. The highest BCUT2D eigenvalue weighted by atomic mass is 32.2. The normalized spacial score (nSPS) is 18.0. The molecule has 1 amide bonds. The summed E-state index contributed by atoms with van der Waals surface area (Å²) in [5, 5.41) is 0. The molecule has 0 aromatic heterocycles. The molecular formula is C24H30N2O4S. The highest BCUT2D eigenvalue weighted by molar-refractivity contribution is 7.92. The molecule has 166 valence electrons. The average molecular weight is 443 g/mol. The van der Waals surface area contributed by atoms with Crippen LogP contribution in [0.3, 0.4) is 0 Å². The topological polar surface area (TPSA) is 66.9 Å². The first-order valence-electron chi connectivity index (χ1n) is 10.9. The Morgan fingerprint density at radius 3 is 2.58 bits per heavy atom. The molecule has 0 radical (unpaired) electrons. The van der Waals surface area contributed by atoms with E-state index in [9.17, 15) is 13.2 Å². The number of nitrogens with zero attached hydrogens (tertiary/aromatic N) is 2. The van der Waals surface area contributed by atoms with Gasteiger partial charge in [-0.25, -0.2) is 8.42 Å². The smallest absolute Gasteiger partial charge is 0.232 e. The predicted octanol–water partition coefficient (Wildman–Crippen LogP) is 4.15. The van der Waals surface area contributed by atoms with Crippen LogP contribution < -0.4 is 13.9 Å². The molecule has 7 heteroatoms. The van der Waals surface area contributed by atoms with Gasteiger partial charge in [0, 0.05) is 30.6 Å². The largest absolute Gasteiger partial charge is 0.493 e. The maximum atomic E-state index is 12.3. The number of carbonyl (C=O) groups is 1. The van der Waals surface area contributed by atoms with Crippen molar-refractivity contribution in [3.63, 3.8) is 0 Å². The molecule has 0 fully saturated rings. The molecule has 2 aromatic carbocycles. The molecule has 2 aromatic rings. The third-order valence-electron chi connectivity index (χ3n) is 6.18. The molecule has 0 aliphatic carbocycles. The highest BCUT2D eigenvalue weighted by Gasteiger charge is 2.31. The Morgan fingerprint density at radius 2 is 1.90 bits per heavy atom. The Morgan fingerprint density at radius 1 is 1.16 bits per heavy atom. The number of carbonyl (C=O) groups excluding carboxylic acids is 1. The van der Waals surface area contributed by atoms with E-state index in [0.29, 0.717) is 19.6 Å². The van der Waals surface area contributed by atoms with Crippen LogP contribution in [0.2, 0.25) is 0 Å². The third kappa shape index (κ3) is 3.91. The number of anilines is 2. The molecule has 0 bridgehead atoms. The zero-order valence-electron chi connectivity index (χ0n) is 18.6. The lowest BCUT2D eigenvalue weighted by Gasteiger charge is -2.36. The van der Waals surface area contributed by atoms with Crippen molar-refractivity contribution in [3.8, 4) is 16.9 Å². The van der Waals surface area contributed by atoms with Gasteiger partial charge >= 0.3 is 0 Å². The maximum absolute atomic E-state index is 12.3. The zero-order chi connectivity index (χ0) is 22.3. The summed E-state index contributed by atoms with van der Waals surface area (Å²) < 4.78 is 31.9. The van der Waals surface area contributed by atoms with Crippen molar-refractivity contribution < 1.29 is 17.9 Å². The van der Waals surface area contributed by atoms with Crippen LogP contribution in [-0.4, -0.2) is 39.8 Å². The van der Waals surface area contributed by atoms with Crippen LogP contribution in [0.5, 0.6) is 5.75 Å². The fraction of sp³-hybridized carbons (Fsp3) is 0.458.